The van der Waals surface area contributed by atoms with E-state index in [4.69, 9.17) is 5.11 Å². The molecule has 0 spiro atoms. The van der Waals surface area contributed by atoms with E-state index < -0.39 is 17.6 Å². The minimum Gasteiger partial charge on any atom is -0.479 e. The van der Waals surface area contributed by atoms with Crippen LogP contribution < -0.4 is 10.6 Å². The predicted octanol–water partition coefficient (Wildman–Crippen LogP) is 0.701. The lowest BCUT2D eigenvalue weighted by atomic mass is 10.0. The average Bonchev–Trinajstić information content (AvgIpc) is 3.05. The van der Waals surface area contributed by atoms with Crippen molar-refractivity contribution in [3.8, 4) is 0 Å². The molecule has 0 radical (unpaired) electrons. The summed E-state index contributed by atoms with van der Waals surface area (Å²) in [5, 5.41) is 23.2. The number of amides is 2. The van der Waals surface area contributed by atoms with Gasteiger partial charge in [0.25, 0.3) is 0 Å². The molecule has 0 bridgehead atoms. The largest absolute Gasteiger partial charge is 0.479 e. The summed E-state index contributed by atoms with van der Waals surface area (Å²) in [6.45, 7) is 3.57. The molecule has 6 heteroatoms. The average molecular weight is 258 g/mol. The number of aliphatic hydroxyl groups is 1. The van der Waals surface area contributed by atoms with E-state index in [1.54, 1.807) is 0 Å². The van der Waals surface area contributed by atoms with Crippen molar-refractivity contribution in [1.29, 1.82) is 0 Å². The topological polar surface area (TPSA) is 98.7 Å². The molecule has 1 fully saturated rings. The molecule has 6 nitrogen and oxygen atoms in total. The third-order valence-electron chi connectivity index (χ3n) is 3.42. The molecule has 0 aromatic carbocycles. The summed E-state index contributed by atoms with van der Waals surface area (Å²) >= 11 is 0. The molecule has 1 aliphatic rings. The Labute approximate surface area is 107 Å². The van der Waals surface area contributed by atoms with Crippen LogP contribution >= 0.6 is 0 Å². The quantitative estimate of drug-likeness (QED) is 0.540. The first-order valence-electron chi connectivity index (χ1n) is 6.29. The Hall–Kier alpha value is -1.30. The van der Waals surface area contributed by atoms with Gasteiger partial charge in [0.1, 0.15) is 0 Å². The van der Waals surface area contributed by atoms with E-state index in [2.05, 4.69) is 17.6 Å². The van der Waals surface area contributed by atoms with Gasteiger partial charge in [-0.25, -0.2) is 9.59 Å². The monoisotopic (exact) mass is 258 g/mol. The highest BCUT2D eigenvalue weighted by atomic mass is 16.4. The Morgan fingerprint density at radius 2 is 1.94 bits per heavy atom. The highest BCUT2D eigenvalue weighted by Gasteiger charge is 2.41. The Morgan fingerprint density at radius 1 is 1.33 bits per heavy atom. The molecule has 0 heterocycles. The molecule has 1 unspecified atom stereocenters. The van der Waals surface area contributed by atoms with E-state index in [1.807, 2.05) is 0 Å². The Morgan fingerprint density at radius 3 is 2.39 bits per heavy atom. The van der Waals surface area contributed by atoms with Gasteiger partial charge in [0, 0.05) is 6.54 Å². The smallest absolute Gasteiger partial charge is 0.337 e. The molecular weight excluding hydrogens is 236 g/mol. The highest BCUT2D eigenvalue weighted by molar-refractivity contribution is 5.79. The van der Waals surface area contributed by atoms with Crippen molar-refractivity contribution in [2.75, 3.05) is 13.1 Å². The maximum Gasteiger partial charge on any atom is 0.337 e. The van der Waals surface area contributed by atoms with Crippen molar-refractivity contribution in [1.82, 2.24) is 10.6 Å². The summed E-state index contributed by atoms with van der Waals surface area (Å²) in [5.74, 6) is -1.35. The summed E-state index contributed by atoms with van der Waals surface area (Å²) in [6, 6.07) is -0.432. The van der Waals surface area contributed by atoms with Crippen LogP contribution in [0.2, 0.25) is 0 Å². The number of rotatable bonds is 7. The van der Waals surface area contributed by atoms with Gasteiger partial charge in [-0.3, -0.25) is 0 Å². The van der Waals surface area contributed by atoms with Crippen LogP contribution in [0, 0.1) is 5.41 Å². The first kappa shape index (κ1) is 14.8. The van der Waals surface area contributed by atoms with E-state index in [0.29, 0.717) is 6.54 Å². The predicted molar refractivity (Wildman–Crippen MR) is 66.2 cm³/mol. The number of carbonyl (C=O) groups excluding carboxylic acids is 1. The highest BCUT2D eigenvalue weighted by Crippen LogP contribution is 2.48. The van der Waals surface area contributed by atoms with Gasteiger partial charge < -0.3 is 20.8 Å². The summed E-state index contributed by atoms with van der Waals surface area (Å²) in [7, 11) is 0. The number of carbonyl (C=O) groups is 2. The number of urea groups is 1. The number of nitrogens with one attached hydrogen (secondary N) is 2. The second kappa shape index (κ2) is 5.56. The Bertz CT molecular complexity index is 324. The lowest BCUT2D eigenvalue weighted by Crippen LogP contribution is -2.49. The Kier molecular flexibility index (Phi) is 4.56. The van der Waals surface area contributed by atoms with Gasteiger partial charge in [-0.1, -0.05) is 13.3 Å². The van der Waals surface area contributed by atoms with Crippen LogP contribution in [0.15, 0.2) is 0 Å². The van der Waals surface area contributed by atoms with Crippen molar-refractivity contribution in [2.45, 2.75) is 45.1 Å². The van der Waals surface area contributed by atoms with Crippen molar-refractivity contribution >= 4 is 12.0 Å². The van der Waals surface area contributed by atoms with Gasteiger partial charge >= 0.3 is 12.0 Å². The SMILES string of the molecule is CCCC1(CNC(=O)NCC(C)(O)C(=O)O)CC1. The lowest BCUT2D eigenvalue weighted by molar-refractivity contribution is -0.155. The summed E-state index contributed by atoms with van der Waals surface area (Å²) in [6.07, 6.45) is 4.46. The normalized spacial score (nSPS) is 19.7. The second-order valence-electron chi connectivity index (χ2n) is 5.37. The van der Waals surface area contributed by atoms with Crippen molar-refractivity contribution in [3.05, 3.63) is 0 Å². The molecule has 1 aliphatic carbocycles. The lowest BCUT2D eigenvalue weighted by Gasteiger charge is -2.20. The molecule has 4 N–H and O–H groups in total. The van der Waals surface area contributed by atoms with Gasteiger partial charge in [-0.15, -0.1) is 0 Å². The molecule has 1 rings (SSSR count). The fourth-order valence-corrected chi connectivity index (χ4v) is 1.88. The maximum atomic E-state index is 11.5. The van der Waals surface area contributed by atoms with E-state index >= 15 is 0 Å². The standard InChI is InChI=1S/C12H22N2O4/c1-3-4-12(5-6-12)8-14-10(17)13-7-11(2,18)9(15)16/h18H,3-8H2,1-2H3,(H,15,16)(H2,13,14,17). The molecule has 104 valence electrons. The fraction of sp³-hybridized carbons (Fsp3) is 0.833. The van der Waals surface area contributed by atoms with Crippen molar-refractivity contribution < 1.29 is 19.8 Å². The number of hydrogen-bond donors (Lipinski definition) is 4. The van der Waals surface area contributed by atoms with Gasteiger partial charge in [0.05, 0.1) is 6.54 Å². The summed E-state index contributed by atoms with van der Waals surface area (Å²) in [4.78, 5) is 22.1. The zero-order valence-electron chi connectivity index (χ0n) is 11.0. The van der Waals surface area contributed by atoms with E-state index in [0.717, 1.165) is 32.6 Å². The molecule has 0 saturated heterocycles. The summed E-state index contributed by atoms with van der Waals surface area (Å²) in [5.41, 5.74) is -1.68. The van der Waals surface area contributed by atoms with Gasteiger partial charge in [0.15, 0.2) is 5.60 Å². The Balaban J connectivity index is 2.24. The van der Waals surface area contributed by atoms with Crippen molar-refractivity contribution in [2.24, 2.45) is 5.41 Å². The van der Waals surface area contributed by atoms with E-state index in [-0.39, 0.29) is 12.0 Å². The van der Waals surface area contributed by atoms with E-state index in [9.17, 15) is 14.7 Å². The zero-order chi connectivity index (χ0) is 13.8. The van der Waals surface area contributed by atoms with Gasteiger partial charge in [0.2, 0.25) is 0 Å². The molecule has 1 saturated carbocycles. The van der Waals surface area contributed by atoms with Crippen LogP contribution in [0.5, 0.6) is 0 Å². The van der Waals surface area contributed by atoms with Crippen LogP contribution in [0.25, 0.3) is 0 Å². The molecular formula is C12H22N2O4. The number of carboxylic acid groups (broad SMARTS) is 1. The van der Waals surface area contributed by atoms with Crippen LogP contribution in [0.1, 0.15) is 39.5 Å². The first-order chi connectivity index (χ1) is 8.31. The molecule has 18 heavy (non-hydrogen) atoms. The molecule has 2 amide bonds. The van der Waals surface area contributed by atoms with Gasteiger partial charge in [-0.2, -0.15) is 0 Å². The van der Waals surface area contributed by atoms with Crippen molar-refractivity contribution in [3.63, 3.8) is 0 Å². The number of hydrogen-bond acceptors (Lipinski definition) is 3. The molecule has 0 aliphatic heterocycles. The third-order valence-corrected chi connectivity index (χ3v) is 3.42. The van der Waals surface area contributed by atoms with Crippen LogP contribution in [-0.2, 0) is 4.79 Å². The molecule has 0 aromatic heterocycles. The third kappa shape index (κ3) is 4.18. The second-order valence-corrected chi connectivity index (χ2v) is 5.37. The fourth-order valence-electron chi connectivity index (χ4n) is 1.88. The van der Waals surface area contributed by atoms with Crippen LogP contribution in [-0.4, -0.2) is 40.9 Å². The van der Waals surface area contributed by atoms with E-state index in [1.165, 1.54) is 0 Å². The minimum absolute atomic E-state index is 0.251. The van der Waals surface area contributed by atoms with Gasteiger partial charge in [-0.05, 0) is 31.6 Å². The zero-order valence-corrected chi connectivity index (χ0v) is 11.0. The number of aliphatic carboxylic acids is 1. The minimum atomic E-state index is -1.93. The number of carboxylic acids is 1. The maximum absolute atomic E-state index is 11.5. The summed E-state index contributed by atoms with van der Waals surface area (Å²) < 4.78 is 0. The molecule has 1 atom stereocenters. The van der Waals surface area contributed by atoms with Crippen LogP contribution in [0.4, 0.5) is 4.79 Å². The first-order valence-corrected chi connectivity index (χ1v) is 6.29. The molecule has 0 aromatic rings. The van der Waals surface area contributed by atoms with Crippen LogP contribution in [0.3, 0.4) is 0 Å².